The Morgan fingerprint density at radius 2 is 1.41 bits per heavy atom. The van der Waals surface area contributed by atoms with Gasteiger partial charge < -0.3 is 20.1 Å². The number of ether oxygens (including phenoxy) is 2. The molecular formula is C26H27N3O4S. The topological polar surface area (TPSA) is 88.7 Å². The number of nitrogens with one attached hydrogen (secondary N) is 3. The van der Waals surface area contributed by atoms with Crippen molar-refractivity contribution in [2.45, 2.75) is 19.8 Å². The highest BCUT2D eigenvalue weighted by Crippen LogP contribution is 2.16. The van der Waals surface area contributed by atoms with Gasteiger partial charge in [0.05, 0.1) is 0 Å². The molecule has 0 atom stereocenters. The lowest BCUT2D eigenvalue weighted by Crippen LogP contribution is -2.34. The van der Waals surface area contributed by atoms with Crippen molar-refractivity contribution in [1.82, 2.24) is 5.32 Å². The van der Waals surface area contributed by atoms with Crippen molar-refractivity contribution in [2.24, 2.45) is 0 Å². The van der Waals surface area contributed by atoms with Gasteiger partial charge in [0.25, 0.3) is 5.91 Å². The third-order valence-electron chi connectivity index (χ3n) is 4.59. The molecule has 0 heterocycles. The first-order valence-electron chi connectivity index (χ1n) is 11.0. The van der Waals surface area contributed by atoms with Crippen molar-refractivity contribution >= 4 is 40.5 Å². The van der Waals surface area contributed by atoms with Crippen molar-refractivity contribution in [1.29, 1.82) is 0 Å². The molecule has 0 saturated heterocycles. The molecule has 176 valence electrons. The number of hydrogen-bond acceptors (Lipinski definition) is 5. The summed E-state index contributed by atoms with van der Waals surface area (Å²) in [7, 11) is 0. The molecule has 7 nitrogen and oxygen atoms in total. The highest BCUT2D eigenvalue weighted by atomic mass is 32.1. The minimum atomic E-state index is -0.355. The first-order chi connectivity index (χ1) is 16.5. The normalized spacial score (nSPS) is 10.1. The van der Waals surface area contributed by atoms with E-state index in [1.54, 1.807) is 48.5 Å². The van der Waals surface area contributed by atoms with E-state index in [0.717, 1.165) is 12.2 Å². The average molecular weight is 478 g/mol. The Kier molecular flexibility index (Phi) is 9.42. The second-order valence-electron chi connectivity index (χ2n) is 7.32. The second-order valence-corrected chi connectivity index (χ2v) is 7.73. The molecule has 0 saturated carbocycles. The molecule has 3 rings (SSSR count). The minimum Gasteiger partial charge on any atom is -0.490 e. The van der Waals surface area contributed by atoms with Crippen LogP contribution < -0.4 is 25.4 Å². The quantitative estimate of drug-likeness (QED) is 0.281. The van der Waals surface area contributed by atoms with Crippen LogP contribution in [-0.4, -0.2) is 30.1 Å². The predicted octanol–water partition coefficient (Wildman–Crippen LogP) is 5.01. The lowest BCUT2D eigenvalue weighted by atomic mass is 10.2. The van der Waals surface area contributed by atoms with E-state index in [1.807, 2.05) is 37.3 Å². The number of anilines is 2. The maximum Gasteiger partial charge on any atom is 0.257 e. The van der Waals surface area contributed by atoms with Gasteiger partial charge in [-0.1, -0.05) is 31.2 Å². The molecule has 0 aliphatic heterocycles. The van der Waals surface area contributed by atoms with E-state index in [9.17, 15) is 9.59 Å². The van der Waals surface area contributed by atoms with Crippen molar-refractivity contribution in [2.75, 3.05) is 23.8 Å². The van der Waals surface area contributed by atoms with Gasteiger partial charge in [0.2, 0.25) is 5.91 Å². The van der Waals surface area contributed by atoms with Crippen LogP contribution in [0.1, 0.15) is 30.1 Å². The number of carbonyl (C=O) groups excluding carboxylic acids is 2. The smallest absolute Gasteiger partial charge is 0.257 e. The maximum atomic E-state index is 12.6. The number of hydrogen-bond donors (Lipinski definition) is 3. The number of benzene rings is 3. The summed E-state index contributed by atoms with van der Waals surface area (Å²) in [4.78, 5) is 24.3. The van der Waals surface area contributed by atoms with Crippen LogP contribution in [0.25, 0.3) is 0 Å². The van der Waals surface area contributed by atoms with Crippen LogP contribution in [0.5, 0.6) is 11.5 Å². The van der Waals surface area contributed by atoms with Gasteiger partial charge in [-0.25, -0.2) is 0 Å². The molecule has 2 amide bonds. The van der Waals surface area contributed by atoms with Gasteiger partial charge in [-0.15, -0.1) is 0 Å². The molecule has 0 fully saturated rings. The molecule has 0 aromatic heterocycles. The molecule has 0 radical (unpaired) electrons. The second kappa shape index (κ2) is 13.0. The standard InChI is InChI=1S/C26H27N3O4S/c1-2-7-24(30)27-20-12-14-21(15-13-20)28-26(34)29-25(31)19-8-6-11-23(18-19)33-17-16-32-22-9-4-3-5-10-22/h3-6,8-15,18H,2,7,16-17H2,1H3,(H,27,30)(H2,28,29,31,34). The third kappa shape index (κ3) is 8.22. The summed E-state index contributed by atoms with van der Waals surface area (Å²) in [6, 6.07) is 23.4. The van der Waals surface area contributed by atoms with Crippen molar-refractivity contribution < 1.29 is 19.1 Å². The average Bonchev–Trinajstić information content (AvgIpc) is 2.84. The minimum absolute atomic E-state index is 0.0269. The SMILES string of the molecule is CCCC(=O)Nc1ccc(NC(=S)NC(=O)c2cccc(OCCOc3ccccc3)c2)cc1. The Hall–Kier alpha value is -3.91. The molecule has 3 aromatic carbocycles. The monoisotopic (exact) mass is 477 g/mol. The van der Waals surface area contributed by atoms with E-state index in [2.05, 4.69) is 16.0 Å². The number of rotatable bonds is 10. The molecule has 0 aliphatic rings. The first kappa shape index (κ1) is 24.7. The predicted molar refractivity (Wildman–Crippen MR) is 138 cm³/mol. The molecule has 0 aliphatic carbocycles. The van der Waals surface area contributed by atoms with E-state index in [0.29, 0.717) is 42.3 Å². The lowest BCUT2D eigenvalue weighted by Gasteiger charge is -2.12. The molecule has 0 unspecified atom stereocenters. The zero-order valence-electron chi connectivity index (χ0n) is 18.9. The fourth-order valence-corrected chi connectivity index (χ4v) is 3.20. The van der Waals surface area contributed by atoms with Crippen LogP contribution >= 0.6 is 12.2 Å². The summed E-state index contributed by atoms with van der Waals surface area (Å²) in [6.07, 6.45) is 1.26. The van der Waals surface area contributed by atoms with Crippen LogP contribution in [0.2, 0.25) is 0 Å². The summed E-state index contributed by atoms with van der Waals surface area (Å²) in [6.45, 7) is 2.68. The molecule has 3 N–H and O–H groups in total. The summed E-state index contributed by atoms with van der Waals surface area (Å²) in [5, 5.41) is 8.60. The first-order valence-corrected chi connectivity index (χ1v) is 11.4. The van der Waals surface area contributed by atoms with Crippen LogP contribution in [0.4, 0.5) is 11.4 Å². The fourth-order valence-electron chi connectivity index (χ4n) is 2.99. The molecular weight excluding hydrogens is 450 g/mol. The lowest BCUT2D eigenvalue weighted by molar-refractivity contribution is -0.116. The van der Waals surface area contributed by atoms with Gasteiger partial charge in [-0.2, -0.15) is 0 Å². The Morgan fingerprint density at radius 1 is 0.794 bits per heavy atom. The van der Waals surface area contributed by atoms with E-state index in [-0.39, 0.29) is 16.9 Å². The molecule has 34 heavy (non-hydrogen) atoms. The maximum absolute atomic E-state index is 12.6. The van der Waals surface area contributed by atoms with E-state index in [4.69, 9.17) is 21.7 Å². The summed E-state index contributed by atoms with van der Waals surface area (Å²) in [5.74, 6) is 0.952. The van der Waals surface area contributed by atoms with Gasteiger partial charge in [0.1, 0.15) is 24.7 Å². The summed E-state index contributed by atoms with van der Waals surface area (Å²) >= 11 is 5.25. The van der Waals surface area contributed by atoms with E-state index < -0.39 is 0 Å². The Balaban J connectivity index is 1.45. The Morgan fingerprint density at radius 3 is 2.09 bits per heavy atom. The largest absolute Gasteiger partial charge is 0.490 e. The molecule has 3 aromatic rings. The van der Waals surface area contributed by atoms with Gasteiger partial charge in [0.15, 0.2) is 5.11 Å². The van der Waals surface area contributed by atoms with Crippen LogP contribution in [0.15, 0.2) is 78.9 Å². The van der Waals surface area contributed by atoms with Crippen molar-refractivity contribution in [3.8, 4) is 11.5 Å². The fraction of sp³-hybridized carbons (Fsp3) is 0.192. The molecule has 0 spiro atoms. The third-order valence-corrected chi connectivity index (χ3v) is 4.79. The van der Waals surface area contributed by atoms with Crippen LogP contribution in [-0.2, 0) is 4.79 Å². The number of para-hydroxylation sites is 1. The summed E-state index contributed by atoms with van der Waals surface area (Å²) < 4.78 is 11.3. The van der Waals surface area contributed by atoms with Crippen molar-refractivity contribution in [3.05, 3.63) is 84.4 Å². The Bertz CT molecular complexity index is 1100. The zero-order chi connectivity index (χ0) is 24.2. The number of amides is 2. The van der Waals surface area contributed by atoms with Crippen LogP contribution in [0.3, 0.4) is 0 Å². The number of thiocarbonyl (C=S) groups is 1. The van der Waals surface area contributed by atoms with Gasteiger partial charge in [0, 0.05) is 23.4 Å². The van der Waals surface area contributed by atoms with E-state index in [1.165, 1.54) is 0 Å². The number of carbonyl (C=O) groups is 2. The van der Waals surface area contributed by atoms with E-state index >= 15 is 0 Å². The van der Waals surface area contributed by atoms with Crippen molar-refractivity contribution in [3.63, 3.8) is 0 Å². The highest BCUT2D eigenvalue weighted by molar-refractivity contribution is 7.80. The Labute approximate surface area is 204 Å². The molecule has 8 heteroatoms. The van der Waals surface area contributed by atoms with Gasteiger partial charge in [-0.3, -0.25) is 14.9 Å². The van der Waals surface area contributed by atoms with Gasteiger partial charge in [-0.05, 0) is 73.2 Å². The zero-order valence-corrected chi connectivity index (χ0v) is 19.7. The summed E-state index contributed by atoms with van der Waals surface area (Å²) in [5.41, 5.74) is 1.80. The molecule has 0 bridgehead atoms. The van der Waals surface area contributed by atoms with Crippen LogP contribution in [0, 0.1) is 0 Å². The van der Waals surface area contributed by atoms with Gasteiger partial charge >= 0.3 is 0 Å². The highest BCUT2D eigenvalue weighted by Gasteiger charge is 2.10.